The van der Waals surface area contributed by atoms with Crippen molar-refractivity contribution in [1.29, 1.82) is 0 Å². The molecule has 0 unspecified atom stereocenters. The zero-order chi connectivity index (χ0) is 33.8. The summed E-state index contributed by atoms with van der Waals surface area (Å²) in [4.78, 5) is 24.1. The third kappa shape index (κ3) is 26.9. The van der Waals surface area contributed by atoms with Gasteiger partial charge in [-0.05, 0) is 24.6 Å². The van der Waals surface area contributed by atoms with Crippen molar-refractivity contribution in [2.24, 2.45) is 11.7 Å². The van der Waals surface area contributed by atoms with Gasteiger partial charge in [0, 0.05) is 53.2 Å². The first kappa shape index (κ1) is 43.0. The van der Waals surface area contributed by atoms with Gasteiger partial charge in [0.15, 0.2) is 0 Å². The molecular weight excluding hydrogens is 615 g/mol. The zero-order valence-corrected chi connectivity index (χ0v) is 30.0. The molecule has 1 rings (SSSR count). The van der Waals surface area contributed by atoms with Crippen LogP contribution in [0.1, 0.15) is 75.9 Å². The van der Waals surface area contributed by atoms with Gasteiger partial charge in [-0.1, -0.05) is 88.0 Å². The monoisotopic (exact) mass is 677 g/mol. The highest BCUT2D eigenvalue weighted by molar-refractivity contribution is 8.77. The quantitative estimate of drug-likeness (QED) is 0.0579. The van der Waals surface area contributed by atoms with Crippen molar-refractivity contribution in [1.82, 2.24) is 10.6 Å². The number of carbonyl (C=O) groups is 2. The molecule has 0 aromatic heterocycles. The molecule has 12 heteroatoms. The van der Waals surface area contributed by atoms with Crippen molar-refractivity contribution in [3.63, 3.8) is 0 Å². The fourth-order valence-electron chi connectivity index (χ4n) is 3.10. The Bertz CT molecular complexity index is 982. The Morgan fingerprint density at radius 1 is 0.978 bits per heavy atom. The van der Waals surface area contributed by atoms with E-state index in [0.29, 0.717) is 103 Å². The summed E-state index contributed by atoms with van der Waals surface area (Å²) in [5.41, 5.74) is 5.75. The Morgan fingerprint density at radius 2 is 1.69 bits per heavy atom. The normalized spacial score (nSPS) is 11.6. The lowest BCUT2D eigenvalue weighted by Crippen LogP contribution is -2.29. The fourth-order valence-corrected chi connectivity index (χ4v) is 5.29. The minimum Gasteiger partial charge on any atom is -0.490 e. The standard InChI is InChI=1S/C31H51N3O7S2.C2H6.3H2/c1-25(2)9-7-16-37-18-15-33-28(35)12-8-17-38-19-20-39-21-22-40-29(42-43-31(3,4)5)24-41-27-11-6-10-26(23-27)30(36)34-14-13-32;1-2;;;/h6,10-11,23,25,29H,8,12-22,24,32H2,1-5H3,(H,33,35)(H,34,36);1-2H3;3*1H/t29-;;;;/m1..../s1. The van der Waals surface area contributed by atoms with Gasteiger partial charge < -0.3 is 40.1 Å². The fraction of sp³-hybridized carbons (Fsp3) is 0.697. The van der Waals surface area contributed by atoms with Crippen LogP contribution in [-0.4, -0.2) is 94.5 Å². The molecule has 0 radical (unpaired) electrons. The van der Waals surface area contributed by atoms with Gasteiger partial charge in [-0.2, -0.15) is 0 Å². The average Bonchev–Trinajstić information content (AvgIpc) is 3.01. The van der Waals surface area contributed by atoms with Crippen LogP contribution in [-0.2, 0) is 23.7 Å². The predicted octanol–water partition coefficient (Wildman–Crippen LogP) is 5.65. The maximum atomic E-state index is 12.2. The van der Waals surface area contributed by atoms with Crippen molar-refractivity contribution >= 4 is 33.4 Å². The number of hydrogen-bond donors (Lipinski definition) is 3. The molecule has 0 saturated carbocycles. The number of nitrogens with two attached hydrogens (primary N) is 1. The van der Waals surface area contributed by atoms with Gasteiger partial charge in [0.25, 0.3) is 5.91 Å². The van der Waals surface area contributed by atoms with E-state index in [0.717, 1.165) is 0 Å². The molecule has 0 bridgehead atoms. The maximum absolute atomic E-state index is 12.2. The van der Waals surface area contributed by atoms with Gasteiger partial charge in [-0.25, -0.2) is 0 Å². The predicted molar refractivity (Wildman–Crippen MR) is 193 cm³/mol. The van der Waals surface area contributed by atoms with Crippen LogP contribution >= 0.6 is 21.6 Å². The van der Waals surface area contributed by atoms with Crippen LogP contribution in [0.25, 0.3) is 0 Å². The largest absolute Gasteiger partial charge is 0.490 e. The van der Waals surface area contributed by atoms with E-state index in [1.807, 2.05) is 33.8 Å². The Kier molecular flexibility index (Phi) is 27.0. The van der Waals surface area contributed by atoms with Crippen LogP contribution in [0.4, 0.5) is 0 Å². The molecule has 264 valence electrons. The van der Waals surface area contributed by atoms with Gasteiger partial charge in [0.2, 0.25) is 5.91 Å². The topological polar surface area (TPSA) is 130 Å². The molecule has 4 N–H and O–H groups in total. The first-order valence-corrected chi connectivity index (χ1v) is 18.0. The third-order valence-electron chi connectivity index (χ3n) is 5.05. The first-order chi connectivity index (χ1) is 21.6. The van der Waals surface area contributed by atoms with E-state index in [4.69, 9.17) is 29.4 Å². The van der Waals surface area contributed by atoms with Gasteiger partial charge in [-0.3, -0.25) is 9.59 Å². The molecule has 10 nitrogen and oxygen atoms in total. The minimum atomic E-state index is -0.227. The number of ether oxygens (including phenoxy) is 5. The van der Waals surface area contributed by atoms with Gasteiger partial charge >= 0.3 is 0 Å². The third-order valence-corrected chi connectivity index (χ3v) is 8.56. The van der Waals surface area contributed by atoms with Crippen molar-refractivity contribution < 1.29 is 37.6 Å². The number of rotatable bonds is 23. The lowest BCUT2D eigenvalue weighted by molar-refractivity contribution is -0.121. The molecule has 0 aliphatic heterocycles. The first-order valence-electron chi connectivity index (χ1n) is 15.8. The highest BCUT2D eigenvalue weighted by Gasteiger charge is 2.18. The molecule has 1 aromatic carbocycles. The molecule has 1 atom stereocenters. The summed E-state index contributed by atoms with van der Waals surface area (Å²) in [5, 5.41) is 5.59. The lowest BCUT2D eigenvalue weighted by atomic mass is 10.2. The van der Waals surface area contributed by atoms with E-state index in [9.17, 15) is 9.59 Å². The molecule has 0 aliphatic carbocycles. The number of benzene rings is 1. The van der Waals surface area contributed by atoms with Crippen molar-refractivity contribution in [3.05, 3.63) is 29.8 Å². The minimum absolute atomic E-state index is 0. The summed E-state index contributed by atoms with van der Waals surface area (Å²) in [6, 6.07) is 7.05. The van der Waals surface area contributed by atoms with E-state index in [1.165, 1.54) is 0 Å². The van der Waals surface area contributed by atoms with E-state index in [2.05, 4.69) is 43.2 Å². The van der Waals surface area contributed by atoms with Gasteiger partial charge in [0.05, 0.1) is 33.0 Å². The van der Waals surface area contributed by atoms with Crippen LogP contribution in [0.3, 0.4) is 0 Å². The molecule has 0 saturated heterocycles. The number of carbonyl (C=O) groups excluding carboxylic acids is 2. The van der Waals surface area contributed by atoms with Crippen LogP contribution in [0.2, 0.25) is 0 Å². The van der Waals surface area contributed by atoms with Crippen molar-refractivity contribution in [2.45, 2.75) is 71.5 Å². The maximum Gasteiger partial charge on any atom is 0.251 e. The molecule has 2 amide bonds. The second-order valence-corrected chi connectivity index (χ2v) is 13.9. The molecule has 1 aromatic rings. The molecule has 0 heterocycles. The van der Waals surface area contributed by atoms with Gasteiger partial charge in [-0.15, -0.1) is 0 Å². The Morgan fingerprint density at radius 3 is 2.38 bits per heavy atom. The highest BCUT2D eigenvalue weighted by atomic mass is 33.1. The second-order valence-electron chi connectivity index (χ2n) is 10.7. The Labute approximate surface area is 284 Å². The molecule has 45 heavy (non-hydrogen) atoms. The molecular formula is C33H63N3O7S2. The van der Waals surface area contributed by atoms with Crippen LogP contribution in [0, 0.1) is 17.8 Å². The van der Waals surface area contributed by atoms with E-state index < -0.39 is 0 Å². The molecule has 0 fully saturated rings. The van der Waals surface area contributed by atoms with Crippen LogP contribution in [0.5, 0.6) is 5.75 Å². The van der Waals surface area contributed by atoms with Crippen LogP contribution in [0.15, 0.2) is 24.3 Å². The summed E-state index contributed by atoms with van der Waals surface area (Å²) in [6.45, 7) is 19.1. The number of hydrogen-bond acceptors (Lipinski definition) is 10. The number of nitrogens with one attached hydrogen (secondary N) is 2. The van der Waals surface area contributed by atoms with Gasteiger partial charge in [0.1, 0.15) is 24.4 Å². The average molecular weight is 678 g/mol. The zero-order valence-electron chi connectivity index (χ0n) is 28.4. The number of amides is 2. The highest BCUT2D eigenvalue weighted by Crippen LogP contribution is 2.38. The Hall–Kier alpha value is -1.98. The van der Waals surface area contributed by atoms with E-state index in [1.54, 1.807) is 39.8 Å². The smallest absolute Gasteiger partial charge is 0.251 e. The van der Waals surface area contributed by atoms with Crippen LogP contribution < -0.4 is 21.1 Å². The van der Waals surface area contributed by atoms with E-state index >= 15 is 0 Å². The summed E-state index contributed by atoms with van der Waals surface area (Å²) in [7, 11) is 3.33. The summed E-state index contributed by atoms with van der Waals surface area (Å²) < 4.78 is 28.6. The SMILES string of the molecule is CC.CC(C)C#CCOCCNC(=O)CCCOCCOCCO[C@@H](COc1cccc(C(=O)NCCN)c1)SSC(C)(C)C.[HH].[HH].[HH]. The summed E-state index contributed by atoms with van der Waals surface area (Å²) in [6.07, 6.45) is 1.04. The Balaban J connectivity index is -0.00000190. The second kappa shape index (κ2) is 28.3. The lowest BCUT2D eigenvalue weighted by Gasteiger charge is -2.22. The summed E-state index contributed by atoms with van der Waals surface area (Å²) in [5.74, 6) is 6.69. The summed E-state index contributed by atoms with van der Waals surface area (Å²) >= 11 is 0. The van der Waals surface area contributed by atoms with Crippen molar-refractivity contribution in [2.75, 3.05) is 72.5 Å². The molecule has 0 aliphatic rings. The van der Waals surface area contributed by atoms with Crippen molar-refractivity contribution in [3.8, 4) is 17.6 Å². The molecule has 0 spiro atoms. The van der Waals surface area contributed by atoms with E-state index in [-0.39, 0.29) is 26.3 Å².